The summed E-state index contributed by atoms with van der Waals surface area (Å²) in [6, 6.07) is 11.4. The SMILES string of the molecule is CN(C)C(=O)N1CC[C@]2(c3ccccc3)CCN(C)[C@H]2C1. The van der Waals surface area contributed by atoms with Crippen molar-refractivity contribution in [3.63, 3.8) is 0 Å². The van der Waals surface area contributed by atoms with E-state index in [9.17, 15) is 4.79 Å². The first-order valence-electron chi connectivity index (χ1n) is 7.76. The number of carbonyl (C=O) groups excluding carboxylic acids is 1. The largest absolute Gasteiger partial charge is 0.331 e. The fourth-order valence-electron chi connectivity index (χ4n) is 4.07. The Balaban J connectivity index is 1.88. The molecule has 3 rings (SSSR count). The number of piperidine rings is 1. The van der Waals surface area contributed by atoms with Crippen LogP contribution in [0.25, 0.3) is 0 Å². The van der Waals surface area contributed by atoms with Crippen molar-refractivity contribution in [2.75, 3.05) is 40.8 Å². The average Bonchev–Trinajstić information content (AvgIpc) is 2.85. The summed E-state index contributed by atoms with van der Waals surface area (Å²) in [5, 5.41) is 0. The second-order valence-electron chi connectivity index (χ2n) is 6.64. The molecule has 2 amide bonds. The summed E-state index contributed by atoms with van der Waals surface area (Å²) in [5.74, 6) is 0. The Kier molecular flexibility index (Phi) is 3.66. The first kappa shape index (κ1) is 14.4. The predicted molar refractivity (Wildman–Crippen MR) is 84.4 cm³/mol. The zero-order valence-corrected chi connectivity index (χ0v) is 13.2. The molecule has 0 unspecified atom stereocenters. The van der Waals surface area contributed by atoms with Crippen molar-refractivity contribution < 1.29 is 4.79 Å². The molecule has 114 valence electrons. The van der Waals surface area contributed by atoms with Crippen LogP contribution in [-0.4, -0.2) is 67.5 Å². The van der Waals surface area contributed by atoms with E-state index in [1.807, 2.05) is 19.0 Å². The van der Waals surface area contributed by atoms with Gasteiger partial charge in [0.1, 0.15) is 0 Å². The van der Waals surface area contributed by atoms with E-state index in [-0.39, 0.29) is 11.4 Å². The van der Waals surface area contributed by atoms with Crippen molar-refractivity contribution in [1.82, 2.24) is 14.7 Å². The fourth-order valence-corrected chi connectivity index (χ4v) is 4.07. The lowest BCUT2D eigenvalue weighted by Gasteiger charge is -2.46. The van der Waals surface area contributed by atoms with Crippen LogP contribution < -0.4 is 0 Å². The molecule has 2 saturated heterocycles. The topological polar surface area (TPSA) is 26.8 Å². The van der Waals surface area contributed by atoms with Gasteiger partial charge in [-0.3, -0.25) is 0 Å². The van der Waals surface area contributed by atoms with Gasteiger partial charge in [0, 0.05) is 38.6 Å². The van der Waals surface area contributed by atoms with E-state index in [2.05, 4.69) is 42.3 Å². The Bertz CT molecular complexity index is 516. The molecule has 1 aromatic rings. The zero-order valence-electron chi connectivity index (χ0n) is 13.2. The van der Waals surface area contributed by atoms with E-state index >= 15 is 0 Å². The van der Waals surface area contributed by atoms with Crippen LogP contribution in [0.5, 0.6) is 0 Å². The van der Waals surface area contributed by atoms with Crippen LogP contribution in [0.4, 0.5) is 4.79 Å². The highest BCUT2D eigenvalue weighted by Crippen LogP contribution is 2.45. The van der Waals surface area contributed by atoms with Gasteiger partial charge in [-0.05, 0) is 32.0 Å². The molecule has 21 heavy (non-hydrogen) atoms. The highest BCUT2D eigenvalue weighted by atomic mass is 16.2. The van der Waals surface area contributed by atoms with Gasteiger partial charge in [-0.2, -0.15) is 0 Å². The molecule has 2 aliphatic heterocycles. The van der Waals surface area contributed by atoms with Crippen LogP contribution >= 0.6 is 0 Å². The molecule has 0 saturated carbocycles. The van der Waals surface area contributed by atoms with Crippen LogP contribution in [0, 0.1) is 0 Å². The van der Waals surface area contributed by atoms with Crippen molar-refractivity contribution in [2.24, 2.45) is 0 Å². The first-order valence-corrected chi connectivity index (χ1v) is 7.76. The maximum absolute atomic E-state index is 12.3. The number of likely N-dealkylation sites (tertiary alicyclic amines) is 2. The summed E-state index contributed by atoms with van der Waals surface area (Å²) in [6.07, 6.45) is 2.26. The highest BCUT2D eigenvalue weighted by molar-refractivity contribution is 5.74. The molecule has 0 bridgehead atoms. The molecule has 2 heterocycles. The summed E-state index contributed by atoms with van der Waals surface area (Å²) in [6.45, 7) is 2.81. The van der Waals surface area contributed by atoms with E-state index in [4.69, 9.17) is 0 Å². The maximum atomic E-state index is 12.3. The van der Waals surface area contributed by atoms with Crippen LogP contribution in [0.2, 0.25) is 0 Å². The molecule has 0 radical (unpaired) electrons. The molecule has 2 atom stereocenters. The third-order valence-electron chi connectivity index (χ3n) is 5.30. The third kappa shape index (κ3) is 2.31. The second-order valence-corrected chi connectivity index (χ2v) is 6.64. The van der Waals surface area contributed by atoms with Crippen molar-refractivity contribution in [2.45, 2.75) is 24.3 Å². The van der Waals surface area contributed by atoms with Gasteiger partial charge in [0.2, 0.25) is 0 Å². The minimum absolute atomic E-state index is 0.136. The van der Waals surface area contributed by atoms with Gasteiger partial charge in [0.05, 0.1) is 0 Å². The van der Waals surface area contributed by atoms with Gasteiger partial charge in [-0.25, -0.2) is 4.79 Å². The van der Waals surface area contributed by atoms with E-state index in [0.29, 0.717) is 6.04 Å². The van der Waals surface area contributed by atoms with Crippen molar-refractivity contribution in [1.29, 1.82) is 0 Å². The van der Waals surface area contributed by atoms with Crippen LogP contribution in [0.15, 0.2) is 30.3 Å². The number of rotatable bonds is 1. The lowest BCUT2D eigenvalue weighted by Crippen LogP contribution is -2.57. The van der Waals surface area contributed by atoms with Crippen molar-refractivity contribution in [3.05, 3.63) is 35.9 Å². The quantitative estimate of drug-likeness (QED) is 0.790. The molecular weight excluding hydrogens is 262 g/mol. The Morgan fingerprint density at radius 1 is 1.19 bits per heavy atom. The molecule has 0 aromatic heterocycles. The van der Waals surface area contributed by atoms with Crippen LogP contribution in [0.3, 0.4) is 0 Å². The lowest BCUT2D eigenvalue weighted by molar-refractivity contribution is 0.0982. The molecule has 4 heteroatoms. The minimum Gasteiger partial charge on any atom is -0.331 e. The second kappa shape index (κ2) is 5.34. The number of benzene rings is 1. The predicted octanol–water partition coefficient (Wildman–Crippen LogP) is 2.02. The normalized spacial score (nSPS) is 29.3. The Morgan fingerprint density at radius 2 is 1.86 bits per heavy atom. The highest BCUT2D eigenvalue weighted by Gasteiger charge is 2.50. The number of nitrogens with zero attached hydrogens (tertiary/aromatic N) is 3. The molecule has 0 spiro atoms. The van der Waals surface area contributed by atoms with Gasteiger partial charge in [0.15, 0.2) is 0 Å². The molecule has 0 N–H and O–H groups in total. The number of hydrogen-bond donors (Lipinski definition) is 0. The lowest BCUT2D eigenvalue weighted by atomic mass is 9.69. The van der Waals surface area contributed by atoms with Crippen LogP contribution in [-0.2, 0) is 5.41 Å². The Morgan fingerprint density at radius 3 is 2.52 bits per heavy atom. The maximum Gasteiger partial charge on any atom is 0.319 e. The van der Waals surface area contributed by atoms with Gasteiger partial charge in [-0.15, -0.1) is 0 Å². The number of urea groups is 1. The summed E-state index contributed by atoms with van der Waals surface area (Å²) < 4.78 is 0. The molecule has 4 nitrogen and oxygen atoms in total. The number of carbonyl (C=O) groups is 1. The Hall–Kier alpha value is -1.55. The first-order chi connectivity index (χ1) is 10.0. The summed E-state index contributed by atoms with van der Waals surface area (Å²) in [7, 11) is 5.86. The Labute approximate surface area is 127 Å². The average molecular weight is 287 g/mol. The smallest absolute Gasteiger partial charge is 0.319 e. The summed E-state index contributed by atoms with van der Waals surface area (Å²) >= 11 is 0. The van der Waals surface area contributed by atoms with Gasteiger partial charge in [0.25, 0.3) is 0 Å². The third-order valence-corrected chi connectivity index (χ3v) is 5.30. The summed E-state index contributed by atoms with van der Waals surface area (Å²) in [4.78, 5) is 18.4. The number of amides is 2. The minimum atomic E-state index is 0.136. The number of fused-ring (bicyclic) bond motifs is 1. The van der Waals surface area contributed by atoms with E-state index in [0.717, 1.165) is 26.1 Å². The molecular formula is C17H25N3O. The van der Waals surface area contributed by atoms with Gasteiger partial charge in [-0.1, -0.05) is 30.3 Å². The van der Waals surface area contributed by atoms with E-state index in [1.54, 1.807) is 4.90 Å². The fraction of sp³-hybridized carbons (Fsp3) is 0.588. The van der Waals surface area contributed by atoms with Gasteiger partial charge >= 0.3 is 6.03 Å². The standard InChI is InChI=1S/C17H25N3O/c1-18(2)16(21)20-12-10-17(14-7-5-4-6-8-14)9-11-19(3)15(17)13-20/h4-8,15H,9-13H2,1-3H3/t15-,17-/m0/s1. The zero-order chi connectivity index (χ0) is 15.0. The molecule has 2 fully saturated rings. The van der Waals surface area contributed by atoms with Crippen molar-refractivity contribution in [3.8, 4) is 0 Å². The summed E-state index contributed by atoms with van der Waals surface area (Å²) in [5.41, 5.74) is 1.66. The molecule has 1 aromatic carbocycles. The van der Waals surface area contributed by atoms with E-state index < -0.39 is 0 Å². The molecule has 2 aliphatic rings. The molecule has 0 aliphatic carbocycles. The van der Waals surface area contributed by atoms with Crippen molar-refractivity contribution >= 4 is 6.03 Å². The van der Waals surface area contributed by atoms with Gasteiger partial charge < -0.3 is 14.7 Å². The monoisotopic (exact) mass is 287 g/mol. The number of hydrogen-bond acceptors (Lipinski definition) is 2. The van der Waals surface area contributed by atoms with Crippen LogP contribution in [0.1, 0.15) is 18.4 Å². The van der Waals surface area contributed by atoms with E-state index in [1.165, 1.54) is 12.0 Å². The number of likely N-dealkylation sites (N-methyl/N-ethyl adjacent to an activating group) is 1.